The van der Waals surface area contributed by atoms with Gasteiger partial charge < -0.3 is 33.9 Å². The number of sulfonamides is 1. The zero-order valence-corrected chi connectivity index (χ0v) is 28.3. The fourth-order valence-corrected chi connectivity index (χ4v) is 6.27. The summed E-state index contributed by atoms with van der Waals surface area (Å²) in [5.41, 5.74) is 0.785. The summed E-state index contributed by atoms with van der Waals surface area (Å²) < 4.78 is 56.7. The third-order valence-electron chi connectivity index (χ3n) is 7.21. The zero-order chi connectivity index (χ0) is 34.0. The highest BCUT2D eigenvalue weighted by Gasteiger charge is 2.35. The molecule has 0 saturated heterocycles. The molecular weight excluding hydrogens is 614 g/mol. The molecule has 3 aromatic rings. The smallest absolute Gasteiger partial charge is 0.265 e. The molecule has 1 atom stereocenters. The minimum absolute atomic E-state index is 0.0341. The Hall–Kier alpha value is -4.65. The van der Waals surface area contributed by atoms with E-state index < -0.39 is 28.5 Å². The second-order valence-corrected chi connectivity index (χ2v) is 12.4. The monoisotopic (exact) mass is 657 g/mol. The van der Waals surface area contributed by atoms with Gasteiger partial charge in [0.1, 0.15) is 29.8 Å². The SMILES string of the molecule is CC[C@@H](C(=O)NC(C)C)N(Cc1ccc(OC)cc1)C(=O)CN(c1cc(OC)ccc1OC)S(=O)(=O)c1ccc(OC)c(OC)c1. The lowest BCUT2D eigenvalue weighted by Gasteiger charge is -2.34. The Kier molecular flexibility index (Phi) is 12.5. The molecule has 0 fully saturated rings. The van der Waals surface area contributed by atoms with E-state index in [1.807, 2.05) is 13.8 Å². The maximum absolute atomic E-state index is 14.4. The summed E-state index contributed by atoms with van der Waals surface area (Å²) in [4.78, 5) is 29.0. The summed E-state index contributed by atoms with van der Waals surface area (Å²) in [7, 11) is 2.77. The predicted molar refractivity (Wildman–Crippen MR) is 175 cm³/mol. The minimum Gasteiger partial charge on any atom is -0.497 e. The molecule has 0 aliphatic carbocycles. The molecule has 3 rings (SSSR count). The number of hydrogen-bond donors (Lipinski definition) is 1. The van der Waals surface area contributed by atoms with Crippen molar-refractivity contribution in [3.05, 3.63) is 66.2 Å². The third kappa shape index (κ3) is 8.33. The Morgan fingerprint density at radius 3 is 1.89 bits per heavy atom. The molecule has 3 aromatic carbocycles. The number of carbonyl (C=O) groups excluding carboxylic acids is 2. The van der Waals surface area contributed by atoms with Crippen LogP contribution in [-0.4, -0.2) is 79.3 Å². The lowest BCUT2D eigenvalue weighted by molar-refractivity contribution is -0.140. The molecule has 0 aromatic heterocycles. The molecule has 0 unspecified atom stereocenters. The maximum atomic E-state index is 14.4. The van der Waals surface area contributed by atoms with Crippen LogP contribution in [0.25, 0.3) is 0 Å². The number of benzene rings is 3. The van der Waals surface area contributed by atoms with Gasteiger partial charge in [-0.15, -0.1) is 0 Å². The Morgan fingerprint density at radius 2 is 1.35 bits per heavy atom. The van der Waals surface area contributed by atoms with E-state index in [2.05, 4.69) is 5.32 Å². The first-order valence-electron chi connectivity index (χ1n) is 14.6. The quantitative estimate of drug-likeness (QED) is 0.240. The lowest BCUT2D eigenvalue weighted by atomic mass is 10.1. The van der Waals surface area contributed by atoms with Gasteiger partial charge in [0.05, 0.1) is 46.1 Å². The van der Waals surface area contributed by atoms with E-state index in [1.54, 1.807) is 50.4 Å². The maximum Gasteiger partial charge on any atom is 0.265 e. The second kappa shape index (κ2) is 16.1. The van der Waals surface area contributed by atoms with Crippen molar-refractivity contribution >= 4 is 27.5 Å². The van der Waals surface area contributed by atoms with E-state index in [1.165, 1.54) is 57.6 Å². The first-order chi connectivity index (χ1) is 21.9. The van der Waals surface area contributed by atoms with Crippen molar-refractivity contribution in [3.8, 4) is 28.7 Å². The van der Waals surface area contributed by atoms with Crippen molar-refractivity contribution in [1.29, 1.82) is 0 Å². The van der Waals surface area contributed by atoms with E-state index in [0.29, 0.717) is 17.2 Å². The highest BCUT2D eigenvalue weighted by molar-refractivity contribution is 7.92. The first-order valence-corrected chi connectivity index (χ1v) is 16.1. The van der Waals surface area contributed by atoms with Crippen LogP contribution in [-0.2, 0) is 26.2 Å². The predicted octanol–water partition coefficient (Wildman–Crippen LogP) is 4.26. The molecule has 0 spiro atoms. The fourth-order valence-electron chi connectivity index (χ4n) is 4.84. The summed E-state index contributed by atoms with van der Waals surface area (Å²) in [6.07, 6.45) is 0.283. The Labute approximate surface area is 271 Å². The molecule has 250 valence electrons. The van der Waals surface area contributed by atoms with Crippen LogP contribution in [0.5, 0.6) is 28.7 Å². The van der Waals surface area contributed by atoms with E-state index >= 15 is 0 Å². The van der Waals surface area contributed by atoms with Gasteiger partial charge in [0, 0.05) is 24.7 Å². The van der Waals surface area contributed by atoms with Crippen LogP contribution in [0.4, 0.5) is 5.69 Å². The van der Waals surface area contributed by atoms with Crippen molar-refractivity contribution in [1.82, 2.24) is 10.2 Å². The largest absolute Gasteiger partial charge is 0.497 e. The number of amides is 2. The van der Waals surface area contributed by atoms with Crippen LogP contribution in [0.3, 0.4) is 0 Å². The molecule has 0 aliphatic heterocycles. The van der Waals surface area contributed by atoms with E-state index in [-0.39, 0.29) is 47.0 Å². The van der Waals surface area contributed by atoms with Gasteiger partial charge in [-0.2, -0.15) is 0 Å². The third-order valence-corrected chi connectivity index (χ3v) is 8.96. The number of hydrogen-bond acceptors (Lipinski definition) is 9. The minimum atomic E-state index is -4.45. The van der Waals surface area contributed by atoms with Gasteiger partial charge in [0.25, 0.3) is 10.0 Å². The van der Waals surface area contributed by atoms with Crippen molar-refractivity contribution in [2.24, 2.45) is 0 Å². The van der Waals surface area contributed by atoms with Crippen LogP contribution >= 0.6 is 0 Å². The van der Waals surface area contributed by atoms with Gasteiger partial charge in [-0.25, -0.2) is 8.42 Å². The van der Waals surface area contributed by atoms with Crippen LogP contribution in [0.1, 0.15) is 32.8 Å². The molecule has 0 bridgehead atoms. The van der Waals surface area contributed by atoms with Crippen LogP contribution in [0.15, 0.2) is 65.6 Å². The average Bonchev–Trinajstić information content (AvgIpc) is 3.06. The topological polar surface area (TPSA) is 133 Å². The highest BCUT2D eigenvalue weighted by atomic mass is 32.2. The summed E-state index contributed by atoms with van der Waals surface area (Å²) in [5, 5.41) is 2.88. The standard InChI is InChI=1S/C33H43N3O9S/c1-9-27(33(38)34-22(2)3)35(20-23-10-12-24(41-4)13-11-23)32(37)21-36(28-18-25(42-5)14-16-29(28)43-6)46(39,40)26-15-17-30(44-7)31(19-26)45-8/h10-19,22,27H,9,20-21H2,1-8H3,(H,34,38)/t27-/m0/s1. The van der Waals surface area contributed by atoms with Gasteiger partial charge in [-0.3, -0.25) is 13.9 Å². The lowest BCUT2D eigenvalue weighted by Crippen LogP contribution is -2.53. The second-order valence-electron chi connectivity index (χ2n) is 10.5. The van der Waals surface area contributed by atoms with E-state index in [4.69, 9.17) is 23.7 Å². The van der Waals surface area contributed by atoms with Crippen LogP contribution < -0.4 is 33.3 Å². The first kappa shape index (κ1) is 35.8. The van der Waals surface area contributed by atoms with Gasteiger partial charge >= 0.3 is 0 Å². The number of anilines is 1. The van der Waals surface area contributed by atoms with E-state index in [9.17, 15) is 18.0 Å². The molecular formula is C33H43N3O9S. The number of rotatable bonds is 16. The molecule has 1 N–H and O–H groups in total. The number of carbonyl (C=O) groups is 2. The van der Waals surface area contributed by atoms with Gasteiger partial charge in [-0.05, 0) is 62.2 Å². The normalized spacial score (nSPS) is 11.8. The molecule has 0 saturated carbocycles. The highest BCUT2D eigenvalue weighted by Crippen LogP contribution is 2.38. The number of methoxy groups -OCH3 is 5. The molecule has 12 nitrogen and oxygen atoms in total. The number of ether oxygens (including phenoxy) is 5. The summed E-state index contributed by atoms with van der Waals surface area (Å²) >= 11 is 0. The van der Waals surface area contributed by atoms with Crippen LogP contribution in [0.2, 0.25) is 0 Å². The van der Waals surface area contributed by atoms with Crippen molar-refractivity contribution < 1.29 is 41.7 Å². The molecule has 13 heteroatoms. The van der Waals surface area contributed by atoms with Crippen LogP contribution in [0, 0.1) is 0 Å². The summed E-state index contributed by atoms with van der Waals surface area (Å²) in [5.74, 6) is 0.699. The van der Waals surface area contributed by atoms with Crippen molar-refractivity contribution in [3.63, 3.8) is 0 Å². The van der Waals surface area contributed by atoms with Gasteiger partial charge in [0.15, 0.2) is 11.5 Å². The molecule has 0 radical (unpaired) electrons. The average molecular weight is 658 g/mol. The zero-order valence-electron chi connectivity index (χ0n) is 27.5. The molecule has 2 amide bonds. The van der Waals surface area contributed by atoms with E-state index in [0.717, 1.165) is 9.87 Å². The molecule has 46 heavy (non-hydrogen) atoms. The Bertz CT molecular complexity index is 1590. The Balaban J connectivity index is 2.19. The van der Waals surface area contributed by atoms with Crippen molar-refractivity contribution in [2.75, 3.05) is 46.4 Å². The van der Waals surface area contributed by atoms with Crippen molar-refractivity contribution in [2.45, 2.75) is 50.7 Å². The fraction of sp³-hybridized carbons (Fsp3) is 0.394. The molecule has 0 heterocycles. The summed E-state index contributed by atoms with van der Waals surface area (Å²) in [6, 6.07) is 14.8. The summed E-state index contributed by atoms with van der Waals surface area (Å²) in [6.45, 7) is 4.82. The Morgan fingerprint density at radius 1 is 0.761 bits per heavy atom. The number of nitrogens with one attached hydrogen (secondary N) is 1. The van der Waals surface area contributed by atoms with Gasteiger partial charge in [-0.1, -0.05) is 19.1 Å². The van der Waals surface area contributed by atoms with Gasteiger partial charge in [0.2, 0.25) is 11.8 Å². The number of nitrogens with zero attached hydrogens (tertiary/aromatic N) is 2. The molecule has 0 aliphatic rings.